The van der Waals surface area contributed by atoms with Crippen molar-refractivity contribution in [3.8, 4) is 0 Å². The molecule has 0 bridgehead atoms. The molecule has 1 atom stereocenters. The van der Waals surface area contributed by atoms with Crippen LogP contribution in [0.1, 0.15) is 50.4 Å². The molecule has 0 spiro atoms. The standard InChI is InChI=1S/C17H26N2O/c1-13(2)8-6-7-11-19-16(20)12-18-17(19)15-10-5-4-9-14(15)3/h4-5,9-10,13,17-18H,6-8,11-12H2,1-3H3. The van der Waals surface area contributed by atoms with Gasteiger partial charge in [-0.2, -0.15) is 0 Å². The first-order chi connectivity index (χ1) is 9.59. The number of benzene rings is 1. The van der Waals surface area contributed by atoms with Crippen molar-refractivity contribution in [2.45, 2.75) is 46.2 Å². The second-order valence-corrected chi connectivity index (χ2v) is 6.12. The molecule has 1 heterocycles. The predicted molar refractivity (Wildman–Crippen MR) is 82.3 cm³/mol. The molecule has 3 heteroatoms. The molecule has 0 saturated carbocycles. The van der Waals surface area contributed by atoms with Crippen LogP contribution in [0.4, 0.5) is 0 Å². The van der Waals surface area contributed by atoms with Crippen molar-refractivity contribution in [2.24, 2.45) is 5.92 Å². The van der Waals surface area contributed by atoms with E-state index in [1.165, 1.54) is 24.0 Å². The number of aryl methyl sites for hydroxylation is 1. The fourth-order valence-corrected chi connectivity index (χ4v) is 2.80. The minimum Gasteiger partial charge on any atom is -0.322 e. The number of carbonyl (C=O) groups is 1. The van der Waals surface area contributed by atoms with Gasteiger partial charge in [0.25, 0.3) is 0 Å². The normalized spacial score (nSPS) is 19.1. The minimum atomic E-state index is 0.0581. The molecule has 1 N–H and O–H groups in total. The molecule has 3 nitrogen and oxygen atoms in total. The first-order valence-electron chi connectivity index (χ1n) is 7.68. The van der Waals surface area contributed by atoms with E-state index in [0.717, 1.165) is 18.9 Å². The topological polar surface area (TPSA) is 32.3 Å². The van der Waals surface area contributed by atoms with Crippen LogP contribution >= 0.6 is 0 Å². The molecular formula is C17H26N2O. The van der Waals surface area contributed by atoms with E-state index in [1.807, 2.05) is 17.0 Å². The van der Waals surface area contributed by atoms with Crippen LogP contribution in [-0.2, 0) is 4.79 Å². The smallest absolute Gasteiger partial charge is 0.238 e. The monoisotopic (exact) mass is 274 g/mol. The van der Waals surface area contributed by atoms with Gasteiger partial charge >= 0.3 is 0 Å². The van der Waals surface area contributed by atoms with Gasteiger partial charge < -0.3 is 4.90 Å². The lowest BCUT2D eigenvalue weighted by molar-refractivity contribution is -0.128. The average molecular weight is 274 g/mol. The van der Waals surface area contributed by atoms with Crippen molar-refractivity contribution >= 4 is 5.91 Å². The Bertz CT molecular complexity index is 456. The highest BCUT2D eigenvalue weighted by atomic mass is 16.2. The highest BCUT2D eigenvalue weighted by Gasteiger charge is 2.31. The summed E-state index contributed by atoms with van der Waals surface area (Å²) in [5.41, 5.74) is 2.47. The first kappa shape index (κ1) is 15.0. The zero-order valence-corrected chi connectivity index (χ0v) is 12.9. The Kier molecular flexibility index (Phi) is 5.18. The fourth-order valence-electron chi connectivity index (χ4n) is 2.80. The molecule has 2 rings (SSSR count). The molecule has 1 saturated heterocycles. The van der Waals surface area contributed by atoms with Crippen LogP contribution in [0.25, 0.3) is 0 Å². The summed E-state index contributed by atoms with van der Waals surface area (Å²) >= 11 is 0. The number of amides is 1. The third-order valence-electron chi connectivity index (χ3n) is 3.99. The largest absolute Gasteiger partial charge is 0.322 e. The van der Waals surface area contributed by atoms with Crippen molar-refractivity contribution in [3.05, 3.63) is 35.4 Å². The van der Waals surface area contributed by atoms with Crippen LogP contribution in [0.2, 0.25) is 0 Å². The van der Waals surface area contributed by atoms with E-state index in [9.17, 15) is 4.79 Å². The Balaban J connectivity index is 1.98. The second kappa shape index (κ2) is 6.89. The molecule has 1 aliphatic rings. The molecule has 1 aromatic carbocycles. The molecule has 1 amide bonds. The molecular weight excluding hydrogens is 248 g/mol. The van der Waals surface area contributed by atoms with E-state index < -0.39 is 0 Å². The molecule has 20 heavy (non-hydrogen) atoms. The zero-order chi connectivity index (χ0) is 14.5. The van der Waals surface area contributed by atoms with Crippen molar-refractivity contribution in [1.29, 1.82) is 0 Å². The molecule has 1 unspecified atom stereocenters. The van der Waals surface area contributed by atoms with Crippen molar-refractivity contribution in [2.75, 3.05) is 13.1 Å². The highest BCUT2D eigenvalue weighted by Crippen LogP contribution is 2.25. The molecule has 0 aliphatic carbocycles. The maximum Gasteiger partial charge on any atom is 0.238 e. The summed E-state index contributed by atoms with van der Waals surface area (Å²) in [6.45, 7) is 7.93. The van der Waals surface area contributed by atoms with Gasteiger partial charge in [-0.3, -0.25) is 10.1 Å². The summed E-state index contributed by atoms with van der Waals surface area (Å²) < 4.78 is 0. The van der Waals surface area contributed by atoms with Crippen molar-refractivity contribution in [3.63, 3.8) is 0 Å². The van der Waals surface area contributed by atoms with Gasteiger partial charge in [-0.15, -0.1) is 0 Å². The minimum absolute atomic E-state index is 0.0581. The van der Waals surface area contributed by atoms with Crippen LogP contribution in [0.5, 0.6) is 0 Å². The van der Waals surface area contributed by atoms with Crippen LogP contribution in [-0.4, -0.2) is 23.9 Å². The van der Waals surface area contributed by atoms with Crippen LogP contribution in [0.15, 0.2) is 24.3 Å². The van der Waals surface area contributed by atoms with E-state index in [0.29, 0.717) is 6.54 Å². The number of hydrogen-bond acceptors (Lipinski definition) is 2. The summed E-state index contributed by atoms with van der Waals surface area (Å²) in [7, 11) is 0. The van der Waals surface area contributed by atoms with E-state index >= 15 is 0 Å². The maximum absolute atomic E-state index is 12.1. The first-order valence-corrected chi connectivity index (χ1v) is 7.68. The van der Waals surface area contributed by atoms with Crippen LogP contribution in [0, 0.1) is 12.8 Å². The second-order valence-electron chi connectivity index (χ2n) is 6.12. The zero-order valence-electron chi connectivity index (χ0n) is 12.9. The van der Waals surface area contributed by atoms with Crippen LogP contribution in [0.3, 0.4) is 0 Å². The summed E-state index contributed by atoms with van der Waals surface area (Å²) in [6, 6.07) is 8.32. The number of unbranched alkanes of at least 4 members (excludes halogenated alkanes) is 1. The van der Waals surface area contributed by atoms with Crippen molar-refractivity contribution in [1.82, 2.24) is 10.2 Å². The van der Waals surface area contributed by atoms with Gasteiger partial charge in [-0.05, 0) is 30.4 Å². The number of nitrogens with zero attached hydrogens (tertiary/aromatic N) is 1. The van der Waals surface area contributed by atoms with Gasteiger partial charge in [0.05, 0.1) is 6.54 Å². The molecule has 0 aromatic heterocycles. The average Bonchev–Trinajstić information content (AvgIpc) is 2.76. The maximum atomic E-state index is 12.1. The van der Waals surface area contributed by atoms with Gasteiger partial charge in [0.2, 0.25) is 5.91 Å². The summed E-state index contributed by atoms with van der Waals surface area (Å²) in [4.78, 5) is 14.1. The highest BCUT2D eigenvalue weighted by molar-refractivity contribution is 5.81. The van der Waals surface area contributed by atoms with E-state index in [2.05, 4.69) is 38.2 Å². The Morgan fingerprint density at radius 2 is 2.05 bits per heavy atom. The third kappa shape index (κ3) is 3.60. The number of carbonyl (C=O) groups excluding carboxylic acids is 1. The van der Waals surface area contributed by atoms with Crippen LogP contribution < -0.4 is 5.32 Å². The molecule has 0 radical (unpaired) electrons. The number of hydrogen-bond donors (Lipinski definition) is 1. The summed E-state index contributed by atoms with van der Waals surface area (Å²) in [5.74, 6) is 0.970. The fraction of sp³-hybridized carbons (Fsp3) is 0.588. The molecule has 110 valence electrons. The molecule has 1 fully saturated rings. The van der Waals surface area contributed by atoms with Crippen molar-refractivity contribution < 1.29 is 4.79 Å². The predicted octanol–water partition coefficient (Wildman–Crippen LogP) is 3.25. The lowest BCUT2D eigenvalue weighted by Gasteiger charge is -2.26. The lowest BCUT2D eigenvalue weighted by atomic mass is 10.0. The Hall–Kier alpha value is -1.35. The van der Waals surface area contributed by atoms with E-state index in [4.69, 9.17) is 0 Å². The van der Waals surface area contributed by atoms with Gasteiger partial charge in [-0.25, -0.2) is 0 Å². The van der Waals surface area contributed by atoms with Gasteiger partial charge in [-0.1, -0.05) is 51.0 Å². The molecule has 1 aliphatic heterocycles. The molecule has 1 aromatic rings. The quantitative estimate of drug-likeness (QED) is 0.808. The summed E-state index contributed by atoms with van der Waals surface area (Å²) in [5, 5.41) is 3.34. The number of rotatable bonds is 6. The Morgan fingerprint density at radius 1 is 1.30 bits per heavy atom. The Labute approximate surface area is 122 Å². The van der Waals surface area contributed by atoms with Gasteiger partial charge in [0.15, 0.2) is 0 Å². The van der Waals surface area contributed by atoms with Gasteiger partial charge in [0, 0.05) is 6.54 Å². The third-order valence-corrected chi connectivity index (χ3v) is 3.99. The van der Waals surface area contributed by atoms with E-state index in [1.54, 1.807) is 0 Å². The lowest BCUT2D eigenvalue weighted by Crippen LogP contribution is -2.31. The Morgan fingerprint density at radius 3 is 2.75 bits per heavy atom. The summed E-state index contributed by atoms with van der Waals surface area (Å²) in [6.07, 6.45) is 3.59. The number of nitrogens with one attached hydrogen (secondary N) is 1. The van der Waals surface area contributed by atoms with Gasteiger partial charge in [0.1, 0.15) is 6.17 Å². The van der Waals surface area contributed by atoms with E-state index in [-0.39, 0.29) is 12.1 Å². The SMILES string of the molecule is Cc1ccccc1C1NCC(=O)N1CCCCC(C)C.